The molecule has 6 nitrogen and oxygen atoms in total. The lowest BCUT2D eigenvalue weighted by atomic mass is 9.92. The number of unbranched alkanes of at least 4 members (excludes halogenated alkanes) is 2. The van der Waals surface area contributed by atoms with E-state index < -0.39 is 5.97 Å². The van der Waals surface area contributed by atoms with Crippen molar-refractivity contribution in [3.63, 3.8) is 0 Å². The molecule has 0 aliphatic carbocycles. The number of aryl methyl sites for hydroxylation is 1. The Morgan fingerprint density at radius 2 is 1.97 bits per heavy atom. The van der Waals surface area contributed by atoms with Crippen LogP contribution in [0, 0.1) is 6.92 Å². The van der Waals surface area contributed by atoms with Gasteiger partial charge in [0.2, 0.25) is 0 Å². The Morgan fingerprint density at radius 1 is 1.13 bits per heavy atom. The van der Waals surface area contributed by atoms with Crippen LogP contribution < -0.4 is 19.5 Å². The third-order valence-corrected chi connectivity index (χ3v) is 5.77. The highest BCUT2D eigenvalue weighted by molar-refractivity contribution is 5.68. The highest BCUT2D eigenvalue weighted by Gasteiger charge is 2.29. The third kappa shape index (κ3) is 6.14. The predicted octanol–water partition coefficient (Wildman–Crippen LogP) is 4.85. The monoisotopic (exact) mass is 427 g/mol. The largest absolute Gasteiger partial charge is 0.497 e. The number of carboxylic acid groups (broad SMARTS) is 1. The van der Waals surface area contributed by atoms with E-state index in [1.54, 1.807) is 13.2 Å². The van der Waals surface area contributed by atoms with Crippen molar-refractivity contribution in [3.05, 3.63) is 53.1 Å². The lowest BCUT2D eigenvalue weighted by Gasteiger charge is -2.17. The van der Waals surface area contributed by atoms with Crippen LogP contribution in [-0.4, -0.2) is 37.9 Å². The van der Waals surface area contributed by atoms with E-state index in [0.29, 0.717) is 17.4 Å². The molecule has 1 aliphatic rings. The molecule has 2 unspecified atom stereocenters. The number of carbonyl (C=O) groups is 1. The summed E-state index contributed by atoms with van der Waals surface area (Å²) in [5.41, 5.74) is 3.36. The lowest BCUT2D eigenvalue weighted by molar-refractivity contribution is -0.139. The molecule has 1 saturated heterocycles. The summed E-state index contributed by atoms with van der Waals surface area (Å²) in [6.07, 6.45) is 4.33. The molecule has 0 amide bonds. The Morgan fingerprint density at radius 3 is 2.71 bits per heavy atom. The van der Waals surface area contributed by atoms with Crippen molar-refractivity contribution in [3.8, 4) is 17.2 Å². The number of benzene rings is 2. The quantitative estimate of drug-likeness (QED) is 0.499. The predicted molar refractivity (Wildman–Crippen MR) is 120 cm³/mol. The maximum Gasteiger partial charge on any atom is 0.341 e. The number of rotatable bonds is 11. The van der Waals surface area contributed by atoms with Gasteiger partial charge >= 0.3 is 5.97 Å². The molecule has 168 valence electrons. The Hall–Kier alpha value is -2.73. The first kappa shape index (κ1) is 22.9. The number of hydrogen-bond donors (Lipinski definition) is 2. The van der Waals surface area contributed by atoms with E-state index in [1.807, 2.05) is 12.1 Å². The van der Waals surface area contributed by atoms with Crippen molar-refractivity contribution < 1.29 is 24.1 Å². The van der Waals surface area contributed by atoms with E-state index in [2.05, 4.69) is 37.4 Å². The Kier molecular flexibility index (Phi) is 8.18. The molecule has 0 aromatic heterocycles. The van der Waals surface area contributed by atoms with Crippen molar-refractivity contribution in [2.24, 2.45) is 0 Å². The van der Waals surface area contributed by atoms with Crippen LogP contribution in [0.5, 0.6) is 17.2 Å². The van der Waals surface area contributed by atoms with Crippen LogP contribution >= 0.6 is 0 Å². The summed E-state index contributed by atoms with van der Waals surface area (Å²) >= 11 is 0. The van der Waals surface area contributed by atoms with E-state index in [9.17, 15) is 4.79 Å². The third-order valence-electron chi connectivity index (χ3n) is 5.77. The molecule has 0 bridgehead atoms. The average molecular weight is 428 g/mol. The summed E-state index contributed by atoms with van der Waals surface area (Å²) < 4.78 is 16.9. The first-order valence-corrected chi connectivity index (χ1v) is 11.0. The topological polar surface area (TPSA) is 77.0 Å². The van der Waals surface area contributed by atoms with Crippen molar-refractivity contribution in [2.75, 3.05) is 26.9 Å². The molecule has 3 rings (SSSR count). The number of aliphatic carboxylic acids is 1. The second kappa shape index (κ2) is 11.0. The molecule has 2 atom stereocenters. The normalized spacial score (nSPS) is 18.0. The number of ether oxygens (including phenoxy) is 3. The van der Waals surface area contributed by atoms with Gasteiger partial charge in [-0.1, -0.05) is 38.0 Å². The van der Waals surface area contributed by atoms with Gasteiger partial charge in [0.1, 0.15) is 17.2 Å². The molecule has 31 heavy (non-hydrogen) atoms. The van der Waals surface area contributed by atoms with Gasteiger partial charge in [0, 0.05) is 24.2 Å². The van der Waals surface area contributed by atoms with E-state index in [-0.39, 0.29) is 12.6 Å². The highest BCUT2D eigenvalue weighted by atomic mass is 16.5. The van der Waals surface area contributed by atoms with Gasteiger partial charge in [-0.05, 0) is 48.9 Å². The van der Waals surface area contributed by atoms with Gasteiger partial charge in [-0.2, -0.15) is 0 Å². The number of carboxylic acids is 1. The number of nitrogens with one attached hydrogen (secondary N) is 1. The van der Waals surface area contributed by atoms with Crippen molar-refractivity contribution >= 4 is 5.97 Å². The maximum absolute atomic E-state index is 11.0. The minimum absolute atomic E-state index is 0.0786. The number of hydrogen-bond acceptors (Lipinski definition) is 5. The van der Waals surface area contributed by atoms with Gasteiger partial charge in [0.05, 0.1) is 13.7 Å². The molecular weight excluding hydrogens is 394 g/mol. The summed E-state index contributed by atoms with van der Waals surface area (Å²) in [6, 6.07) is 12.1. The average Bonchev–Trinajstić information content (AvgIpc) is 3.26. The second-order valence-corrected chi connectivity index (χ2v) is 8.06. The standard InChI is InChI=1S/C25H33NO5/c1-4-5-6-11-30-23-13-18(8-7-17(23)2)19-12-22(26-15-19)21-10-9-20(29-3)14-24(21)31-16-25(27)28/h7-10,13-14,19,22,26H,4-6,11-12,15-16H2,1-3H3,(H,27,28). The summed E-state index contributed by atoms with van der Waals surface area (Å²) in [7, 11) is 1.58. The van der Waals surface area contributed by atoms with Crippen LogP contribution in [0.4, 0.5) is 0 Å². The maximum atomic E-state index is 11.0. The van der Waals surface area contributed by atoms with E-state index in [0.717, 1.165) is 42.9 Å². The van der Waals surface area contributed by atoms with E-state index in [1.165, 1.54) is 18.4 Å². The summed E-state index contributed by atoms with van der Waals surface area (Å²) in [5.74, 6) is 1.49. The van der Waals surface area contributed by atoms with Crippen molar-refractivity contribution in [1.82, 2.24) is 5.32 Å². The molecule has 6 heteroatoms. The first-order chi connectivity index (χ1) is 15.0. The molecule has 0 radical (unpaired) electrons. The Bertz CT molecular complexity index is 882. The summed E-state index contributed by atoms with van der Waals surface area (Å²) in [4.78, 5) is 11.0. The van der Waals surface area contributed by atoms with Gasteiger partial charge in [0.15, 0.2) is 6.61 Å². The van der Waals surface area contributed by atoms with Crippen molar-refractivity contribution in [1.29, 1.82) is 0 Å². The molecule has 2 N–H and O–H groups in total. The fourth-order valence-electron chi connectivity index (χ4n) is 3.98. The van der Waals surface area contributed by atoms with Gasteiger partial charge in [-0.3, -0.25) is 0 Å². The lowest BCUT2D eigenvalue weighted by Crippen LogP contribution is -2.16. The minimum Gasteiger partial charge on any atom is -0.497 e. The Balaban J connectivity index is 1.72. The second-order valence-electron chi connectivity index (χ2n) is 8.06. The zero-order chi connectivity index (χ0) is 22.2. The smallest absolute Gasteiger partial charge is 0.341 e. The van der Waals surface area contributed by atoms with Crippen LogP contribution in [0.1, 0.15) is 61.3 Å². The summed E-state index contributed by atoms with van der Waals surface area (Å²) in [6.45, 7) is 5.48. The van der Waals surface area contributed by atoms with Crippen LogP contribution in [0.25, 0.3) is 0 Å². The molecule has 2 aromatic rings. The van der Waals surface area contributed by atoms with Crippen molar-refractivity contribution in [2.45, 2.75) is 51.5 Å². The molecule has 0 spiro atoms. The first-order valence-electron chi connectivity index (χ1n) is 11.0. The van der Waals surface area contributed by atoms with Gasteiger partial charge in [-0.15, -0.1) is 0 Å². The van der Waals surface area contributed by atoms with Crippen LogP contribution in [-0.2, 0) is 4.79 Å². The van der Waals surface area contributed by atoms with Gasteiger partial charge < -0.3 is 24.6 Å². The van der Waals surface area contributed by atoms with Gasteiger partial charge in [0.25, 0.3) is 0 Å². The zero-order valence-corrected chi connectivity index (χ0v) is 18.6. The van der Waals surface area contributed by atoms with Gasteiger partial charge in [-0.25, -0.2) is 4.79 Å². The van der Waals surface area contributed by atoms with E-state index in [4.69, 9.17) is 19.3 Å². The Labute approximate surface area is 184 Å². The van der Waals surface area contributed by atoms with Crippen LogP contribution in [0.15, 0.2) is 36.4 Å². The summed E-state index contributed by atoms with van der Waals surface area (Å²) in [5, 5.41) is 12.6. The molecule has 1 aliphatic heterocycles. The fourth-order valence-corrected chi connectivity index (χ4v) is 3.98. The zero-order valence-electron chi connectivity index (χ0n) is 18.6. The van der Waals surface area contributed by atoms with Crippen LogP contribution in [0.3, 0.4) is 0 Å². The van der Waals surface area contributed by atoms with E-state index >= 15 is 0 Å². The minimum atomic E-state index is -1.00. The number of methoxy groups -OCH3 is 1. The fraction of sp³-hybridized carbons (Fsp3) is 0.480. The molecular formula is C25H33NO5. The molecule has 1 fully saturated rings. The molecule has 1 heterocycles. The highest BCUT2D eigenvalue weighted by Crippen LogP contribution is 2.39. The van der Waals surface area contributed by atoms with Crippen LogP contribution in [0.2, 0.25) is 0 Å². The molecule has 2 aromatic carbocycles. The molecule has 0 saturated carbocycles. The SMILES string of the molecule is CCCCCOc1cc(C2CNC(c3ccc(OC)cc3OCC(=O)O)C2)ccc1C.